The average Bonchev–Trinajstić information content (AvgIpc) is 2.98. The summed E-state index contributed by atoms with van der Waals surface area (Å²) >= 11 is 0. The zero-order valence-electron chi connectivity index (χ0n) is 15.1. The number of carbonyl (C=O) groups is 2. The highest BCUT2D eigenvalue weighted by Gasteiger charge is 2.38. The van der Waals surface area contributed by atoms with Crippen LogP contribution in [0.25, 0.3) is 0 Å². The Morgan fingerprint density at radius 3 is 2.65 bits per heavy atom. The maximum absolute atomic E-state index is 11.7. The summed E-state index contributed by atoms with van der Waals surface area (Å²) in [5.74, 6) is 0.133. The molecule has 1 aromatic rings. The van der Waals surface area contributed by atoms with Gasteiger partial charge in [0, 0.05) is 18.8 Å². The van der Waals surface area contributed by atoms with Gasteiger partial charge in [0.2, 0.25) is 0 Å². The van der Waals surface area contributed by atoms with Crippen molar-refractivity contribution < 1.29 is 19.4 Å². The third-order valence-corrected chi connectivity index (χ3v) is 5.55. The molecule has 2 aliphatic carbocycles. The molecule has 0 unspecified atom stereocenters. The average molecular weight is 354 g/mol. The largest absolute Gasteiger partial charge is 0.489 e. The van der Waals surface area contributed by atoms with Gasteiger partial charge in [-0.2, -0.15) is 0 Å². The highest BCUT2D eigenvalue weighted by atomic mass is 16.5. The number of aliphatic carboxylic acids is 1. The van der Waals surface area contributed by atoms with E-state index in [1.165, 1.54) is 5.57 Å². The van der Waals surface area contributed by atoms with Crippen LogP contribution < -0.4 is 4.74 Å². The van der Waals surface area contributed by atoms with Crippen LogP contribution in [0.1, 0.15) is 56.4 Å². The van der Waals surface area contributed by atoms with Crippen molar-refractivity contribution in [3.05, 3.63) is 54.1 Å². The molecule has 0 saturated heterocycles. The van der Waals surface area contributed by atoms with Gasteiger partial charge in [-0.05, 0) is 54.4 Å². The summed E-state index contributed by atoms with van der Waals surface area (Å²) in [6.07, 6.45) is 9.67. The molecule has 0 radical (unpaired) electrons. The van der Waals surface area contributed by atoms with Gasteiger partial charge in [-0.25, -0.2) is 0 Å². The fourth-order valence-corrected chi connectivity index (χ4v) is 4.17. The fraction of sp³-hybridized carbons (Fsp3) is 0.455. The van der Waals surface area contributed by atoms with Crippen LogP contribution in [0.15, 0.2) is 48.6 Å². The molecule has 1 aromatic carbocycles. The minimum absolute atomic E-state index is 0.0391. The van der Waals surface area contributed by atoms with Gasteiger partial charge in [0.15, 0.2) is 0 Å². The van der Waals surface area contributed by atoms with Crippen molar-refractivity contribution >= 4 is 11.8 Å². The van der Waals surface area contributed by atoms with E-state index in [9.17, 15) is 9.59 Å². The molecular formula is C22H26O4. The fourth-order valence-electron chi connectivity index (χ4n) is 4.17. The van der Waals surface area contributed by atoms with Crippen molar-refractivity contribution in [2.75, 3.05) is 6.61 Å². The van der Waals surface area contributed by atoms with E-state index >= 15 is 0 Å². The molecule has 26 heavy (non-hydrogen) atoms. The van der Waals surface area contributed by atoms with Gasteiger partial charge in [0.1, 0.15) is 18.1 Å². The normalized spacial score (nSPS) is 23.5. The number of benzene rings is 1. The monoisotopic (exact) mass is 354 g/mol. The number of carboxylic acid groups (broad SMARTS) is 1. The van der Waals surface area contributed by atoms with Crippen molar-refractivity contribution in [1.29, 1.82) is 0 Å². The maximum atomic E-state index is 11.7. The first-order valence-electron chi connectivity index (χ1n) is 9.29. The van der Waals surface area contributed by atoms with Crippen molar-refractivity contribution in [2.24, 2.45) is 5.41 Å². The van der Waals surface area contributed by atoms with Gasteiger partial charge < -0.3 is 9.84 Å². The van der Waals surface area contributed by atoms with E-state index in [0.29, 0.717) is 25.2 Å². The van der Waals surface area contributed by atoms with E-state index in [-0.39, 0.29) is 17.8 Å². The Labute approximate surface area is 154 Å². The molecule has 0 heterocycles. The number of ether oxygens (including phenoxy) is 1. The number of allylic oxidation sites excluding steroid dienone is 2. The van der Waals surface area contributed by atoms with E-state index in [4.69, 9.17) is 9.84 Å². The molecule has 3 rings (SSSR count). The van der Waals surface area contributed by atoms with Crippen LogP contribution in [-0.4, -0.2) is 23.5 Å². The van der Waals surface area contributed by atoms with E-state index in [0.717, 1.165) is 37.0 Å². The highest BCUT2D eigenvalue weighted by Crippen LogP contribution is 2.45. The van der Waals surface area contributed by atoms with Crippen molar-refractivity contribution in [3.63, 3.8) is 0 Å². The number of carboxylic acids is 1. The Kier molecular flexibility index (Phi) is 5.60. The molecule has 0 amide bonds. The molecule has 1 saturated carbocycles. The van der Waals surface area contributed by atoms with Crippen LogP contribution in [0, 0.1) is 5.41 Å². The van der Waals surface area contributed by atoms with Gasteiger partial charge in [-0.3, -0.25) is 9.59 Å². The Morgan fingerprint density at radius 2 is 2.04 bits per heavy atom. The lowest BCUT2D eigenvalue weighted by atomic mass is 9.75. The smallest absolute Gasteiger partial charge is 0.304 e. The maximum Gasteiger partial charge on any atom is 0.304 e. The molecule has 1 spiro atoms. The minimum atomic E-state index is -0.834. The van der Waals surface area contributed by atoms with Crippen LogP contribution in [-0.2, 0) is 9.59 Å². The highest BCUT2D eigenvalue weighted by molar-refractivity contribution is 5.82. The molecular weight excluding hydrogens is 328 g/mol. The van der Waals surface area contributed by atoms with Gasteiger partial charge in [0.25, 0.3) is 0 Å². The molecule has 4 nitrogen and oxygen atoms in total. The Morgan fingerprint density at radius 1 is 1.27 bits per heavy atom. The lowest BCUT2D eigenvalue weighted by molar-refractivity contribution is -0.137. The number of rotatable bonds is 7. The van der Waals surface area contributed by atoms with E-state index in [1.54, 1.807) is 6.08 Å². The topological polar surface area (TPSA) is 63.6 Å². The molecule has 1 fully saturated rings. The van der Waals surface area contributed by atoms with Crippen LogP contribution in [0.3, 0.4) is 0 Å². The summed E-state index contributed by atoms with van der Waals surface area (Å²) in [5.41, 5.74) is 2.30. The zero-order chi connectivity index (χ0) is 18.6. The molecule has 138 valence electrons. The second-order valence-corrected chi connectivity index (χ2v) is 7.53. The quantitative estimate of drug-likeness (QED) is 0.723. The Hall–Kier alpha value is -2.36. The van der Waals surface area contributed by atoms with Crippen LogP contribution >= 0.6 is 0 Å². The molecule has 0 bridgehead atoms. The first-order valence-corrected chi connectivity index (χ1v) is 9.29. The predicted molar refractivity (Wildman–Crippen MR) is 100 cm³/mol. The lowest BCUT2D eigenvalue weighted by Gasteiger charge is -2.30. The van der Waals surface area contributed by atoms with Crippen molar-refractivity contribution in [2.45, 2.75) is 50.9 Å². The minimum Gasteiger partial charge on any atom is -0.489 e. The number of Topliss-reactive ketones (excluding diaryl/α,β-unsaturated/α-hetero) is 1. The number of hydrogen-bond donors (Lipinski definition) is 1. The van der Waals surface area contributed by atoms with Crippen LogP contribution in [0.2, 0.25) is 0 Å². The first kappa shape index (κ1) is 18.4. The third-order valence-electron chi connectivity index (χ3n) is 5.55. The van der Waals surface area contributed by atoms with Gasteiger partial charge in [-0.15, -0.1) is 6.58 Å². The van der Waals surface area contributed by atoms with Gasteiger partial charge in [0.05, 0.1) is 6.42 Å². The van der Waals surface area contributed by atoms with E-state index in [1.807, 2.05) is 24.3 Å². The molecule has 2 atom stereocenters. The van der Waals surface area contributed by atoms with Crippen LogP contribution in [0.5, 0.6) is 5.75 Å². The first-order chi connectivity index (χ1) is 12.5. The number of hydrogen-bond acceptors (Lipinski definition) is 3. The summed E-state index contributed by atoms with van der Waals surface area (Å²) in [5, 5.41) is 8.96. The van der Waals surface area contributed by atoms with E-state index in [2.05, 4.69) is 12.7 Å². The molecule has 0 aromatic heterocycles. The van der Waals surface area contributed by atoms with Gasteiger partial charge in [-0.1, -0.05) is 24.3 Å². The second-order valence-electron chi connectivity index (χ2n) is 7.53. The standard InChI is InChI=1S/C22H26O4/c1-2-17(12-21(24)25)18-5-7-20(8-6-18)26-15-16-4-3-10-22(13-16)11-9-19(23)14-22/h2,5-8,13,17H,1,3-4,9-12,14-15H2,(H,24,25)/t17-,22-/m0/s1. The summed E-state index contributed by atoms with van der Waals surface area (Å²) < 4.78 is 5.93. The zero-order valence-corrected chi connectivity index (χ0v) is 15.1. The van der Waals surface area contributed by atoms with E-state index < -0.39 is 5.97 Å². The SMILES string of the molecule is C=C[C@@H](CC(=O)O)c1ccc(OCC2=C[C@]3(CCC2)CCC(=O)C3)cc1. The Bertz CT molecular complexity index is 716. The second kappa shape index (κ2) is 7.90. The van der Waals surface area contributed by atoms with Crippen molar-refractivity contribution in [1.82, 2.24) is 0 Å². The summed E-state index contributed by atoms with van der Waals surface area (Å²) in [6.45, 7) is 4.28. The summed E-state index contributed by atoms with van der Waals surface area (Å²) in [6, 6.07) is 7.56. The number of ketones is 1. The Balaban J connectivity index is 1.60. The lowest BCUT2D eigenvalue weighted by Crippen LogP contribution is -2.20. The van der Waals surface area contributed by atoms with Crippen molar-refractivity contribution in [3.8, 4) is 5.75 Å². The number of carbonyl (C=O) groups excluding carboxylic acids is 1. The molecule has 1 N–H and O–H groups in total. The predicted octanol–water partition coefficient (Wildman–Crippen LogP) is 4.66. The summed E-state index contributed by atoms with van der Waals surface area (Å²) in [7, 11) is 0. The molecule has 0 aliphatic heterocycles. The summed E-state index contributed by atoms with van der Waals surface area (Å²) in [4.78, 5) is 22.6. The molecule has 4 heteroatoms. The molecule has 2 aliphatic rings. The third kappa shape index (κ3) is 4.43. The van der Waals surface area contributed by atoms with Crippen LogP contribution in [0.4, 0.5) is 0 Å². The van der Waals surface area contributed by atoms with Gasteiger partial charge >= 0.3 is 5.97 Å².